The predicted molar refractivity (Wildman–Crippen MR) is 103 cm³/mol. The van der Waals surface area contributed by atoms with Gasteiger partial charge in [0.25, 0.3) is 5.56 Å². The Hall–Kier alpha value is -3.35. The second-order valence-electron chi connectivity index (χ2n) is 6.67. The number of fused-ring (bicyclic) bond motifs is 1. The number of carbonyl (C=O) groups is 2. The van der Waals surface area contributed by atoms with Crippen LogP contribution in [-0.4, -0.2) is 26.7 Å². The number of hydrogen-bond acceptors (Lipinski definition) is 5. The summed E-state index contributed by atoms with van der Waals surface area (Å²) in [4.78, 5) is 37.3. The number of anilines is 1. The molecule has 0 radical (unpaired) electrons. The minimum absolute atomic E-state index is 0.0943. The molecule has 1 amide bonds. The van der Waals surface area contributed by atoms with Gasteiger partial charge in [0, 0.05) is 11.3 Å². The van der Waals surface area contributed by atoms with Crippen molar-refractivity contribution in [1.82, 2.24) is 15.0 Å². The van der Waals surface area contributed by atoms with Gasteiger partial charge in [0.2, 0.25) is 5.91 Å². The molecule has 0 bridgehead atoms. The van der Waals surface area contributed by atoms with Crippen LogP contribution in [0.4, 0.5) is 5.69 Å². The molecular weight excluding hydrogens is 344 g/mol. The lowest BCUT2D eigenvalue weighted by Gasteiger charge is -2.21. The Morgan fingerprint density at radius 2 is 1.81 bits per heavy atom. The fourth-order valence-corrected chi connectivity index (χ4v) is 2.91. The maximum absolute atomic E-state index is 12.9. The van der Waals surface area contributed by atoms with E-state index in [2.05, 4.69) is 15.6 Å². The number of nitrogens with one attached hydrogen (secondary N) is 1. The van der Waals surface area contributed by atoms with Gasteiger partial charge >= 0.3 is 0 Å². The molecule has 1 aromatic heterocycles. The highest BCUT2D eigenvalue weighted by atomic mass is 16.2. The standard InChI is InChI=1S/C20H20N4O3/c1-12(2)18(19(26)21-15-8-6-7-14(11-15)13(3)25)24-20(27)16-9-4-5-10-17(16)22-23-24/h4-12,18H,1-3H3,(H,21,26). The Bertz CT molecular complexity index is 1070. The van der Waals surface area contributed by atoms with Crippen molar-refractivity contribution in [2.45, 2.75) is 26.8 Å². The van der Waals surface area contributed by atoms with Crippen molar-refractivity contribution in [2.24, 2.45) is 5.92 Å². The first-order chi connectivity index (χ1) is 12.9. The lowest BCUT2D eigenvalue weighted by atomic mass is 10.0. The fraction of sp³-hybridized carbons (Fsp3) is 0.250. The van der Waals surface area contributed by atoms with E-state index in [0.717, 1.165) is 4.68 Å². The van der Waals surface area contributed by atoms with E-state index >= 15 is 0 Å². The third kappa shape index (κ3) is 3.76. The molecule has 7 heteroatoms. The Balaban J connectivity index is 1.98. The monoisotopic (exact) mass is 364 g/mol. The molecule has 1 unspecified atom stereocenters. The van der Waals surface area contributed by atoms with Crippen LogP contribution >= 0.6 is 0 Å². The first-order valence-electron chi connectivity index (χ1n) is 8.64. The Labute approximate surface area is 156 Å². The van der Waals surface area contributed by atoms with E-state index in [-0.39, 0.29) is 17.3 Å². The van der Waals surface area contributed by atoms with E-state index < -0.39 is 11.9 Å². The largest absolute Gasteiger partial charge is 0.324 e. The normalized spacial score (nSPS) is 12.1. The number of rotatable bonds is 5. The van der Waals surface area contributed by atoms with Gasteiger partial charge in [-0.05, 0) is 37.1 Å². The van der Waals surface area contributed by atoms with E-state index in [1.165, 1.54) is 6.92 Å². The van der Waals surface area contributed by atoms with Crippen molar-refractivity contribution in [2.75, 3.05) is 5.32 Å². The van der Waals surface area contributed by atoms with Crippen molar-refractivity contribution in [3.05, 3.63) is 64.4 Å². The second-order valence-corrected chi connectivity index (χ2v) is 6.67. The van der Waals surface area contributed by atoms with Gasteiger partial charge in [-0.3, -0.25) is 14.4 Å². The summed E-state index contributed by atoms with van der Waals surface area (Å²) in [5.74, 6) is -0.686. The van der Waals surface area contributed by atoms with Gasteiger partial charge in [-0.25, -0.2) is 0 Å². The van der Waals surface area contributed by atoms with Crippen LogP contribution in [0.25, 0.3) is 10.9 Å². The summed E-state index contributed by atoms with van der Waals surface area (Å²) < 4.78 is 1.12. The average molecular weight is 364 g/mol. The number of nitrogens with zero attached hydrogens (tertiary/aromatic N) is 3. The van der Waals surface area contributed by atoms with E-state index in [9.17, 15) is 14.4 Å². The number of benzene rings is 2. The van der Waals surface area contributed by atoms with Gasteiger partial charge in [0.05, 0.1) is 5.39 Å². The Morgan fingerprint density at radius 3 is 2.52 bits per heavy atom. The predicted octanol–water partition coefficient (Wildman–Crippen LogP) is 2.83. The van der Waals surface area contributed by atoms with Gasteiger partial charge in [-0.2, -0.15) is 4.68 Å². The van der Waals surface area contributed by atoms with Crippen LogP contribution in [0.15, 0.2) is 53.3 Å². The molecule has 3 rings (SSSR count). The van der Waals surface area contributed by atoms with Gasteiger partial charge in [-0.15, -0.1) is 5.10 Å². The van der Waals surface area contributed by atoms with Crippen molar-refractivity contribution < 1.29 is 9.59 Å². The van der Waals surface area contributed by atoms with Crippen LogP contribution in [0.1, 0.15) is 37.2 Å². The van der Waals surface area contributed by atoms with E-state index in [4.69, 9.17) is 0 Å². The molecule has 0 saturated heterocycles. The SMILES string of the molecule is CC(=O)c1cccc(NC(=O)C(C(C)C)n2nnc3ccccc3c2=O)c1. The molecule has 1 atom stereocenters. The number of ketones is 1. The molecule has 0 aliphatic heterocycles. The molecule has 2 aromatic carbocycles. The minimum atomic E-state index is -0.837. The van der Waals surface area contributed by atoms with Crippen LogP contribution < -0.4 is 10.9 Å². The number of carbonyl (C=O) groups excluding carboxylic acids is 2. The average Bonchev–Trinajstić information content (AvgIpc) is 2.64. The van der Waals surface area contributed by atoms with Crippen molar-refractivity contribution in [1.29, 1.82) is 0 Å². The van der Waals surface area contributed by atoms with Crippen LogP contribution in [-0.2, 0) is 4.79 Å². The van der Waals surface area contributed by atoms with Crippen molar-refractivity contribution in [3.8, 4) is 0 Å². The molecule has 0 saturated carbocycles. The third-order valence-electron chi connectivity index (χ3n) is 4.29. The Morgan fingerprint density at radius 1 is 1.07 bits per heavy atom. The quantitative estimate of drug-likeness (QED) is 0.703. The molecule has 0 spiro atoms. The zero-order valence-electron chi connectivity index (χ0n) is 15.3. The van der Waals surface area contributed by atoms with E-state index in [0.29, 0.717) is 22.2 Å². The summed E-state index contributed by atoms with van der Waals surface area (Å²) in [5, 5.41) is 11.2. The zero-order valence-corrected chi connectivity index (χ0v) is 15.3. The van der Waals surface area contributed by atoms with Gasteiger partial charge < -0.3 is 5.32 Å². The molecule has 27 heavy (non-hydrogen) atoms. The number of aromatic nitrogens is 3. The summed E-state index contributed by atoms with van der Waals surface area (Å²) in [6.45, 7) is 5.13. The fourth-order valence-electron chi connectivity index (χ4n) is 2.91. The van der Waals surface area contributed by atoms with Crippen LogP contribution in [0.2, 0.25) is 0 Å². The highest BCUT2D eigenvalue weighted by Crippen LogP contribution is 2.19. The Kier molecular flexibility index (Phi) is 5.12. The molecule has 1 heterocycles. The first kappa shape index (κ1) is 18.4. The summed E-state index contributed by atoms with van der Waals surface area (Å²) in [5.41, 5.74) is 1.10. The van der Waals surface area contributed by atoms with E-state index in [1.807, 2.05) is 13.8 Å². The van der Waals surface area contributed by atoms with Gasteiger partial charge in [0.1, 0.15) is 11.6 Å². The summed E-state index contributed by atoms with van der Waals surface area (Å²) in [7, 11) is 0. The molecule has 3 aromatic rings. The van der Waals surface area contributed by atoms with Crippen molar-refractivity contribution >= 4 is 28.3 Å². The van der Waals surface area contributed by atoms with Gasteiger partial charge in [-0.1, -0.05) is 43.3 Å². The maximum atomic E-state index is 12.9. The number of hydrogen-bond donors (Lipinski definition) is 1. The smallest absolute Gasteiger partial charge is 0.278 e. The highest BCUT2D eigenvalue weighted by Gasteiger charge is 2.27. The molecule has 1 N–H and O–H groups in total. The molecule has 0 aliphatic rings. The minimum Gasteiger partial charge on any atom is -0.324 e. The molecular formula is C20H20N4O3. The van der Waals surface area contributed by atoms with Gasteiger partial charge in [0.15, 0.2) is 5.78 Å². The summed E-state index contributed by atoms with van der Waals surface area (Å²) in [6.07, 6.45) is 0. The number of Topliss-reactive ketones (excluding diaryl/α,β-unsaturated/α-hetero) is 1. The molecule has 138 valence electrons. The third-order valence-corrected chi connectivity index (χ3v) is 4.29. The zero-order chi connectivity index (χ0) is 19.6. The summed E-state index contributed by atoms with van der Waals surface area (Å²) >= 11 is 0. The van der Waals surface area contributed by atoms with E-state index in [1.54, 1.807) is 48.5 Å². The van der Waals surface area contributed by atoms with Crippen LogP contribution in [0, 0.1) is 5.92 Å². The number of amides is 1. The van der Waals surface area contributed by atoms with Crippen molar-refractivity contribution in [3.63, 3.8) is 0 Å². The van der Waals surface area contributed by atoms with Crippen LogP contribution in [0.5, 0.6) is 0 Å². The highest BCUT2D eigenvalue weighted by molar-refractivity contribution is 5.98. The lowest BCUT2D eigenvalue weighted by Crippen LogP contribution is -2.38. The van der Waals surface area contributed by atoms with Crippen LogP contribution in [0.3, 0.4) is 0 Å². The topological polar surface area (TPSA) is 93.9 Å². The molecule has 7 nitrogen and oxygen atoms in total. The maximum Gasteiger partial charge on any atom is 0.278 e. The first-order valence-corrected chi connectivity index (χ1v) is 8.64. The molecule has 0 aliphatic carbocycles. The summed E-state index contributed by atoms with van der Waals surface area (Å²) in [6, 6.07) is 12.7. The lowest BCUT2D eigenvalue weighted by molar-refractivity contribution is -0.120. The second kappa shape index (κ2) is 7.49. The molecule has 0 fully saturated rings.